The number of rotatable bonds is 7. The second-order valence-corrected chi connectivity index (χ2v) is 7.76. The summed E-state index contributed by atoms with van der Waals surface area (Å²) in [4.78, 5) is 46.8. The van der Waals surface area contributed by atoms with Crippen LogP contribution in [0.1, 0.15) is 27.7 Å². The molecule has 1 aromatic carbocycles. The van der Waals surface area contributed by atoms with E-state index in [1.54, 1.807) is 0 Å². The van der Waals surface area contributed by atoms with Crippen LogP contribution in [0.5, 0.6) is 5.75 Å². The number of nitrogens with one attached hydrogen (secondary N) is 1. The first-order valence-electron chi connectivity index (χ1n) is 9.50. The Labute approximate surface area is 194 Å². The number of carbonyl (C=O) groups excluding carboxylic acids is 4. The molecule has 2 rings (SSSR count). The first-order chi connectivity index (χ1) is 15.0. The monoisotopic (exact) mass is 491 g/mol. The summed E-state index contributed by atoms with van der Waals surface area (Å²) < 4.78 is 27.5. The Balaban J connectivity index is 2.47. The third-order valence-corrected chi connectivity index (χ3v) is 4.74. The van der Waals surface area contributed by atoms with Gasteiger partial charge in [0, 0.05) is 32.7 Å². The van der Waals surface area contributed by atoms with Crippen LogP contribution in [0.25, 0.3) is 0 Å². The van der Waals surface area contributed by atoms with Crippen LogP contribution in [0, 0.1) is 0 Å². The molecule has 0 radical (unpaired) electrons. The minimum Gasteiger partial charge on any atom is -0.463 e. The number of esters is 3. The average Bonchev–Trinajstić information content (AvgIpc) is 2.65. The van der Waals surface area contributed by atoms with E-state index in [-0.39, 0.29) is 17.4 Å². The SMILES string of the molecule is CC(=O)N[C@H]1[C@H](Oc2ccc(Cl)cc2Cl)O[C@H](COC(C)=O)[C@@H](OC(C)=O)[C@@H]1OC(C)=O. The molecule has 0 bridgehead atoms. The van der Waals surface area contributed by atoms with Crippen molar-refractivity contribution in [1.82, 2.24) is 5.32 Å². The van der Waals surface area contributed by atoms with Crippen molar-refractivity contribution >= 4 is 47.0 Å². The van der Waals surface area contributed by atoms with E-state index in [9.17, 15) is 19.2 Å². The third kappa shape index (κ3) is 7.25. The lowest BCUT2D eigenvalue weighted by Crippen LogP contribution is -2.67. The minimum absolute atomic E-state index is 0.158. The highest BCUT2D eigenvalue weighted by Gasteiger charge is 2.52. The Morgan fingerprint density at radius 2 is 1.59 bits per heavy atom. The van der Waals surface area contributed by atoms with Gasteiger partial charge in [-0.3, -0.25) is 19.2 Å². The van der Waals surface area contributed by atoms with Gasteiger partial charge in [-0.1, -0.05) is 23.2 Å². The highest BCUT2D eigenvalue weighted by molar-refractivity contribution is 6.35. The van der Waals surface area contributed by atoms with Crippen molar-refractivity contribution in [3.05, 3.63) is 28.2 Å². The Bertz CT molecular complexity index is 879. The first-order valence-corrected chi connectivity index (χ1v) is 10.3. The summed E-state index contributed by atoms with van der Waals surface area (Å²) >= 11 is 12.1. The summed E-state index contributed by atoms with van der Waals surface area (Å²) in [7, 11) is 0. The van der Waals surface area contributed by atoms with E-state index in [1.165, 1.54) is 32.0 Å². The zero-order valence-electron chi connectivity index (χ0n) is 17.8. The van der Waals surface area contributed by atoms with E-state index in [1.807, 2.05) is 0 Å². The summed E-state index contributed by atoms with van der Waals surface area (Å²) in [5.41, 5.74) is 0. The topological polar surface area (TPSA) is 126 Å². The minimum atomic E-state index is -1.27. The Morgan fingerprint density at radius 1 is 0.969 bits per heavy atom. The molecule has 12 heteroatoms. The van der Waals surface area contributed by atoms with Crippen molar-refractivity contribution < 1.29 is 42.9 Å². The zero-order chi connectivity index (χ0) is 24.0. The maximum Gasteiger partial charge on any atom is 0.303 e. The molecule has 0 unspecified atom stereocenters. The van der Waals surface area contributed by atoms with E-state index < -0.39 is 54.5 Å². The van der Waals surface area contributed by atoms with E-state index in [0.29, 0.717) is 5.02 Å². The van der Waals surface area contributed by atoms with Gasteiger partial charge in [-0.05, 0) is 18.2 Å². The summed E-state index contributed by atoms with van der Waals surface area (Å²) in [5, 5.41) is 3.12. The standard InChI is InChI=1S/C20H23Cl2NO9/c1-9(24)23-17-19(30-12(4)27)18(29-11(3)26)16(8-28-10(2)25)32-20(17)31-15-6-5-13(21)7-14(15)22/h5-7,16-20H,8H2,1-4H3,(H,23,24)/t16-,17-,18-,19-,20-/m1/s1. The fourth-order valence-electron chi connectivity index (χ4n) is 3.09. The molecule has 1 heterocycles. The fourth-order valence-corrected chi connectivity index (χ4v) is 3.54. The molecule has 1 aliphatic rings. The molecule has 10 nitrogen and oxygen atoms in total. The van der Waals surface area contributed by atoms with E-state index in [2.05, 4.69) is 5.32 Å². The van der Waals surface area contributed by atoms with Crippen molar-refractivity contribution in [3.8, 4) is 5.75 Å². The predicted molar refractivity (Wildman–Crippen MR) is 111 cm³/mol. The van der Waals surface area contributed by atoms with Crippen LogP contribution in [-0.4, -0.2) is 61.1 Å². The van der Waals surface area contributed by atoms with E-state index in [0.717, 1.165) is 13.8 Å². The van der Waals surface area contributed by atoms with E-state index in [4.69, 9.17) is 46.9 Å². The number of ether oxygens (including phenoxy) is 5. The van der Waals surface area contributed by atoms with Crippen LogP contribution in [0.4, 0.5) is 0 Å². The molecule has 5 atom stereocenters. The molecule has 1 aliphatic heterocycles. The molecule has 0 spiro atoms. The van der Waals surface area contributed by atoms with Crippen molar-refractivity contribution in [2.45, 2.75) is 58.3 Å². The van der Waals surface area contributed by atoms with Crippen molar-refractivity contribution in [3.63, 3.8) is 0 Å². The second kappa shape index (κ2) is 11.3. The van der Waals surface area contributed by atoms with Crippen molar-refractivity contribution in [2.24, 2.45) is 0 Å². The molecule has 0 aliphatic carbocycles. The smallest absolute Gasteiger partial charge is 0.303 e. The Morgan fingerprint density at radius 3 is 2.12 bits per heavy atom. The fraction of sp³-hybridized carbons (Fsp3) is 0.500. The Kier molecular flexibility index (Phi) is 9.11. The molecular formula is C20H23Cl2NO9. The zero-order valence-corrected chi connectivity index (χ0v) is 19.3. The van der Waals surface area contributed by atoms with Crippen molar-refractivity contribution in [1.29, 1.82) is 0 Å². The quantitative estimate of drug-likeness (QED) is 0.449. The molecule has 1 N–H and O–H groups in total. The maximum atomic E-state index is 11.9. The molecule has 176 valence electrons. The van der Waals surface area contributed by atoms with Gasteiger partial charge in [-0.15, -0.1) is 0 Å². The van der Waals surface area contributed by atoms with Gasteiger partial charge in [0.2, 0.25) is 12.2 Å². The number of amides is 1. The third-order valence-electron chi connectivity index (χ3n) is 4.21. The van der Waals surface area contributed by atoms with Gasteiger partial charge in [0.05, 0.1) is 5.02 Å². The van der Waals surface area contributed by atoms with Gasteiger partial charge in [-0.2, -0.15) is 0 Å². The van der Waals surface area contributed by atoms with Crippen LogP contribution in [-0.2, 0) is 38.1 Å². The average molecular weight is 492 g/mol. The van der Waals surface area contributed by atoms with Gasteiger partial charge >= 0.3 is 17.9 Å². The van der Waals surface area contributed by atoms with Crippen molar-refractivity contribution in [2.75, 3.05) is 6.61 Å². The molecule has 0 aromatic heterocycles. The number of halogens is 2. The summed E-state index contributed by atoms with van der Waals surface area (Å²) in [6.45, 7) is 4.39. The molecule has 1 fully saturated rings. The second-order valence-electron chi connectivity index (χ2n) is 6.91. The number of hydrogen-bond donors (Lipinski definition) is 1. The largest absolute Gasteiger partial charge is 0.463 e. The summed E-state index contributed by atoms with van der Waals surface area (Å²) in [6, 6.07) is 3.34. The highest BCUT2D eigenvalue weighted by Crippen LogP contribution is 2.33. The highest BCUT2D eigenvalue weighted by atomic mass is 35.5. The van der Waals surface area contributed by atoms with Gasteiger partial charge in [0.1, 0.15) is 24.5 Å². The summed E-state index contributed by atoms with van der Waals surface area (Å²) in [6.07, 6.45) is -4.80. The molecule has 1 aromatic rings. The molecule has 1 saturated heterocycles. The maximum absolute atomic E-state index is 11.9. The lowest BCUT2D eigenvalue weighted by molar-refractivity contribution is -0.257. The van der Waals surface area contributed by atoms with Crippen LogP contribution in [0.3, 0.4) is 0 Å². The molecular weight excluding hydrogens is 469 g/mol. The van der Waals surface area contributed by atoms with Gasteiger partial charge < -0.3 is 29.0 Å². The van der Waals surface area contributed by atoms with Crippen LogP contribution >= 0.6 is 23.2 Å². The predicted octanol–water partition coefficient (Wildman–Crippen LogP) is 2.03. The van der Waals surface area contributed by atoms with Gasteiger partial charge in [0.25, 0.3) is 0 Å². The number of carbonyl (C=O) groups is 4. The van der Waals surface area contributed by atoms with Gasteiger partial charge in [-0.25, -0.2) is 0 Å². The Hall–Kier alpha value is -2.56. The lowest BCUT2D eigenvalue weighted by Gasteiger charge is -2.44. The van der Waals surface area contributed by atoms with Crippen LogP contribution in [0.2, 0.25) is 10.0 Å². The van der Waals surface area contributed by atoms with Crippen LogP contribution in [0.15, 0.2) is 18.2 Å². The molecule has 1 amide bonds. The number of benzene rings is 1. The summed E-state index contributed by atoms with van der Waals surface area (Å²) in [5.74, 6) is -2.35. The van der Waals surface area contributed by atoms with E-state index >= 15 is 0 Å². The first kappa shape index (κ1) is 25.7. The van der Waals surface area contributed by atoms with Gasteiger partial charge in [0.15, 0.2) is 12.2 Å². The number of hydrogen-bond acceptors (Lipinski definition) is 9. The van der Waals surface area contributed by atoms with Crippen LogP contribution < -0.4 is 10.1 Å². The normalized spacial score (nSPS) is 24.8. The molecule has 0 saturated carbocycles. The lowest BCUT2D eigenvalue weighted by atomic mass is 9.96. The molecule has 32 heavy (non-hydrogen) atoms.